The summed E-state index contributed by atoms with van der Waals surface area (Å²) in [4.78, 5) is 16.6. The monoisotopic (exact) mass is 384 g/mol. The number of carbonyl (C=O) groups excluding carboxylic acids is 1. The van der Waals surface area contributed by atoms with Gasteiger partial charge in [-0.1, -0.05) is 72.8 Å². The van der Waals surface area contributed by atoms with Crippen LogP contribution in [-0.2, 0) is 13.1 Å². The van der Waals surface area contributed by atoms with Crippen molar-refractivity contribution >= 4 is 16.8 Å². The number of benzene rings is 3. The van der Waals surface area contributed by atoms with Crippen molar-refractivity contribution in [3.05, 3.63) is 90.8 Å². The van der Waals surface area contributed by atoms with Gasteiger partial charge in [0.2, 0.25) is 0 Å². The Kier molecular flexibility index (Phi) is 5.86. The number of fused-ring (bicyclic) bond motifs is 1. The van der Waals surface area contributed by atoms with E-state index in [2.05, 4.69) is 50.5 Å². The number of hydrogen-bond donors (Lipinski definition) is 2. The first-order valence-electron chi connectivity index (χ1n) is 9.86. The first kappa shape index (κ1) is 18.7. The van der Waals surface area contributed by atoms with Crippen LogP contribution in [0.2, 0.25) is 0 Å². The highest BCUT2D eigenvalue weighted by atomic mass is 16.2. The van der Waals surface area contributed by atoms with Crippen LogP contribution in [0.5, 0.6) is 0 Å². The molecule has 0 unspecified atom stereocenters. The van der Waals surface area contributed by atoms with Crippen LogP contribution >= 0.6 is 0 Å². The first-order valence-corrected chi connectivity index (χ1v) is 9.86. The number of hydrogen-bond acceptors (Lipinski definition) is 2. The third-order valence-corrected chi connectivity index (χ3v) is 4.93. The van der Waals surface area contributed by atoms with Crippen LogP contribution in [0.25, 0.3) is 22.2 Å². The Morgan fingerprint density at radius 3 is 2.59 bits per heavy atom. The topological polar surface area (TPSA) is 59.0 Å². The van der Waals surface area contributed by atoms with Gasteiger partial charge in [0.15, 0.2) is 0 Å². The SMILES string of the molecule is O=C(NCCCn1ccnc1-c1ccccc1)NCc1cccc2ccccc12. The van der Waals surface area contributed by atoms with Crippen molar-refractivity contribution in [2.45, 2.75) is 19.5 Å². The number of nitrogens with zero attached hydrogens (tertiary/aromatic N) is 2. The van der Waals surface area contributed by atoms with E-state index in [9.17, 15) is 4.79 Å². The van der Waals surface area contributed by atoms with E-state index < -0.39 is 0 Å². The highest BCUT2D eigenvalue weighted by molar-refractivity contribution is 5.86. The van der Waals surface area contributed by atoms with Crippen LogP contribution < -0.4 is 10.6 Å². The fourth-order valence-electron chi connectivity index (χ4n) is 3.47. The first-order chi connectivity index (χ1) is 14.3. The van der Waals surface area contributed by atoms with Crippen LogP contribution in [0.4, 0.5) is 4.79 Å². The molecule has 0 aliphatic carbocycles. The predicted octanol–water partition coefficient (Wildman–Crippen LogP) is 4.59. The van der Waals surface area contributed by atoms with Gasteiger partial charge in [-0.25, -0.2) is 9.78 Å². The second-order valence-corrected chi connectivity index (χ2v) is 6.91. The Labute approximate surface area is 170 Å². The number of aryl methyl sites for hydroxylation is 1. The third kappa shape index (κ3) is 4.63. The Bertz CT molecular complexity index is 1080. The van der Waals surface area contributed by atoms with Gasteiger partial charge in [-0.2, -0.15) is 0 Å². The molecule has 5 heteroatoms. The van der Waals surface area contributed by atoms with Gasteiger partial charge in [-0.3, -0.25) is 0 Å². The van der Waals surface area contributed by atoms with Gasteiger partial charge in [-0.15, -0.1) is 0 Å². The number of urea groups is 1. The van der Waals surface area contributed by atoms with Gasteiger partial charge >= 0.3 is 6.03 Å². The number of carbonyl (C=O) groups is 1. The summed E-state index contributed by atoms with van der Waals surface area (Å²) >= 11 is 0. The molecule has 4 aromatic rings. The molecule has 29 heavy (non-hydrogen) atoms. The maximum atomic E-state index is 12.2. The average molecular weight is 384 g/mol. The minimum Gasteiger partial charge on any atom is -0.338 e. The number of rotatable bonds is 7. The molecule has 2 N–H and O–H groups in total. The third-order valence-electron chi connectivity index (χ3n) is 4.93. The summed E-state index contributed by atoms with van der Waals surface area (Å²) in [5.74, 6) is 0.950. The van der Waals surface area contributed by atoms with Crippen LogP contribution in [0.1, 0.15) is 12.0 Å². The summed E-state index contributed by atoms with van der Waals surface area (Å²) < 4.78 is 2.12. The van der Waals surface area contributed by atoms with E-state index in [4.69, 9.17) is 0 Å². The lowest BCUT2D eigenvalue weighted by Crippen LogP contribution is -2.35. The summed E-state index contributed by atoms with van der Waals surface area (Å²) in [5.41, 5.74) is 2.21. The summed E-state index contributed by atoms with van der Waals surface area (Å²) in [7, 11) is 0. The highest BCUT2D eigenvalue weighted by Gasteiger charge is 2.06. The second-order valence-electron chi connectivity index (χ2n) is 6.91. The van der Waals surface area contributed by atoms with Crippen molar-refractivity contribution in [2.75, 3.05) is 6.54 Å². The van der Waals surface area contributed by atoms with Crippen molar-refractivity contribution in [2.24, 2.45) is 0 Å². The Hall–Kier alpha value is -3.60. The minimum absolute atomic E-state index is 0.146. The summed E-state index contributed by atoms with van der Waals surface area (Å²) in [5, 5.41) is 8.24. The summed E-state index contributed by atoms with van der Waals surface area (Å²) in [6, 6.07) is 24.3. The molecule has 0 saturated heterocycles. The van der Waals surface area contributed by atoms with Crippen molar-refractivity contribution < 1.29 is 4.79 Å². The quantitative estimate of drug-likeness (QED) is 0.458. The number of nitrogens with one attached hydrogen (secondary N) is 2. The molecule has 1 heterocycles. The molecule has 1 aromatic heterocycles. The highest BCUT2D eigenvalue weighted by Crippen LogP contribution is 2.18. The van der Waals surface area contributed by atoms with Crippen LogP contribution in [-0.4, -0.2) is 22.1 Å². The lowest BCUT2D eigenvalue weighted by atomic mass is 10.0. The molecule has 2 amide bonds. The smallest absolute Gasteiger partial charge is 0.315 e. The molecule has 0 spiro atoms. The fraction of sp³-hybridized carbons (Fsp3) is 0.167. The lowest BCUT2D eigenvalue weighted by Gasteiger charge is -2.11. The molecule has 0 aliphatic heterocycles. The van der Waals surface area contributed by atoms with E-state index in [1.54, 1.807) is 0 Å². The predicted molar refractivity (Wildman–Crippen MR) is 116 cm³/mol. The average Bonchev–Trinajstić information content (AvgIpc) is 3.24. The molecule has 3 aromatic carbocycles. The Morgan fingerprint density at radius 2 is 1.69 bits per heavy atom. The van der Waals surface area contributed by atoms with E-state index in [0.717, 1.165) is 29.9 Å². The molecule has 0 radical (unpaired) electrons. The number of aromatic nitrogens is 2. The molecule has 146 valence electrons. The second kappa shape index (κ2) is 9.06. The molecule has 0 fully saturated rings. The molecule has 5 nitrogen and oxygen atoms in total. The largest absolute Gasteiger partial charge is 0.338 e. The normalized spacial score (nSPS) is 10.8. The van der Waals surface area contributed by atoms with Gasteiger partial charge < -0.3 is 15.2 Å². The van der Waals surface area contributed by atoms with Gasteiger partial charge in [0, 0.05) is 37.6 Å². The zero-order valence-corrected chi connectivity index (χ0v) is 16.2. The lowest BCUT2D eigenvalue weighted by molar-refractivity contribution is 0.240. The van der Waals surface area contributed by atoms with Gasteiger partial charge in [0.05, 0.1) is 0 Å². The maximum Gasteiger partial charge on any atom is 0.315 e. The van der Waals surface area contributed by atoms with Crippen LogP contribution in [0.15, 0.2) is 85.2 Å². The maximum absolute atomic E-state index is 12.2. The molecule has 0 aliphatic rings. The Morgan fingerprint density at radius 1 is 0.897 bits per heavy atom. The molecule has 0 bridgehead atoms. The van der Waals surface area contributed by atoms with Gasteiger partial charge in [0.1, 0.15) is 5.82 Å². The molecular weight excluding hydrogens is 360 g/mol. The van der Waals surface area contributed by atoms with Crippen molar-refractivity contribution in [1.29, 1.82) is 0 Å². The van der Waals surface area contributed by atoms with Gasteiger partial charge in [-0.05, 0) is 22.8 Å². The van der Waals surface area contributed by atoms with E-state index >= 15 is 0 Å². The Balaban J connectivity index is 1.25. The number of amides is 2. The molecule has 0 saturated carbocycles. The molecular formula is C24H24N4O. The molecule has 4 rings (SSSR count). The van der Waals surface area contributed by atoms with Crippen molar-refractivity contribution in [3.8, 4) is 11.4 Å². The zero-order valence-electron chi connectivity index (χ0n) is 16.2. The zero-order chi connectivity index (χ0) is 19.9. The van der Waals surface area contributed by atoms with Crippen molar-refractivity contribution in [3.63, 3.8) is 0 Å². The van der Waals surface area contributed by atoms with Crippen LogP contribution in [0, 0.1) is 0 Å². The summed E-state index contributed by atoms with van der Waals surface area (Å²) in [6.45, 7) is 1.91. The van der Waals surface area contributed by atoms with E-state index in [1.165, 1.54) is 10.8 Å². The van der Waals surface area contributed by atoms with Crippen LogP contribution in [0.3, 0.4) is 0 Å². The number of imidazole rings is 1. The summed E-state index contributed by atoms with van der Waals surface area (Å²) in [6.07, 6.45) is 4.62. The van der Waals surface area contributed by atoms with Gasteiger partial charge in [0.25, 0.3) is 0 Å². The standard InChI is InChI=1S/C24H24N4O/c29-24(27-18-21-12-6-11-19-8-4-5-13-22(19)21)26-14-7-16-28-17-15-25-23(28)20-9-2-1-3-10-20/h1-6,8-13,15,17H,7,14,16,18H2,(H2,26,27,29). The molecule has 0 atom stereocenters. The van der Waals surface area contributed by atoms with E-state index in [-0.39, 0.29) is 6.03 Å². The minimum atomic E-state index is -0.146. The van der Waals surface area contributed by atoms with Crippen molar-refractivity contribution in [1.82, 2.24) is 20.2 Å². The van der Waals surface area contributed by atoms with E-state index in [1.807, 2.05) is 54.9 Å². The fourth-order valence-corrected chi connectivity index (χ4v) is 3.47. The van der Waals surface area contributed by atoms with E-state index in [0.29, 0.717) is 13.1 Å².